The van der Waals surface area contributed by atoms with Gasteiger partial charge in [-0.15, -0.1) is 11.3 Å². The number of aromatic nitrogens is 1. The Bertz CT molecular complexity index is 1560. The van der Waals surface area contributed by atoms with E-state index in [1.165, 1.54) is 23.5 Å². The largest absolute Gasteiger partial charge is 0.381 e. The van der Waals surface area contributed by atoms with Crippen LogP contribution in [0.3, 0.4) is 0 Å². The first-order chi connectivity index (χ1) is 22.8. The number of fused-ring (bicyclic) bond motifs is 1. The second-order valence-electron chi connectivity index (χ2n) is 12.9. The maximum Gasteiger partial charge on any atom is 0.243 e. The quantitative estimate of drug-likeness (QED) is 0.323. The third-order valence-corrected chi connectivity index (χ3v) is 10.5. The van der Waals surface area contributed by atoms with Gasteiger partial charge in [-0.3, -0.25) is 19.3 Å². The van der Waals surface area contributed by atoms with E-state index in [9.17, 15) is 18.8 Å². The number of amides is 3. The number of rotatable bonds is 7. The molecule has 3 aromatic rings. The van der Waals surface area contributed by atoms with Crippen molar-refractivity contribution in [2.24, 2.45) is 11.3 Å². The summed E-state index contributed by atoms with van der Waals surface area (Å²) in [4.78, 5) is 48.2. The van der Waals surface area contributed by atoms with Gasteiger partial charge in [-0.1, -0.05) is 54.6 Å². The van der Waals surface area contributed by atoms with E-state index in [-0.39, 0.29) is 42.0 Å². The van der Waals surface area contributed by atoms with Crippen molar-refractivity contribution in [3.05, 3.63) is 94.8 Å². The molecule has 248 valence electrons. The summed E-state index contributed by atoms with van der Waals surface area (Å²) in [5.74, 6) is -0.547. The minimum atomic E-state index is -0.691. The fourth-order valence-corrected chi connectivity index (χ4v) is 7.67. The van der Waals surface area contributed by atoms with Gasteiger partial charge in [-0.05, 0) is 61.3 Å². The highest BCUT2D eigenvalue weighted by molar-refractivity contribution is 7.15. The lowest BCUT2D eigenvalue weighted by molar-refractivity contribution is -0.140. The third kappa shape index (κ3) is 8.71. The molecule has 3 amide bonds. The van der Waals surface area contributed by atoms with Crippen molar-refractivity contribution in [2.75, 3.05) is 38.2 Å². The number of anilines is 1. The number of hydrogen-bond donors (Lipinski definition) is 3. The van der Waals surface area contributed by atoms with Crippen LogP contribution in [0.2, 0.25) is 0 Å². The molecule has 0 aliphatic carbocycles. The first kappa shape index (κ1) is 33.0. The van der Waals surface area contributed by atoms with Crippen molar-refractivity contribution in [3.8, 4) is 0 Å². The Hall–Kier alpha value is -3.93. The molecule has 1 aromatic heterocycles. The number of benzene rings is 2. The molecule has 3 N–H and O–H groups in total. The van der Waals surface area contributed by atoms with Crippen LogP contribution < -0.4 is 16.0 Å². The lowest BCUT2D eigenvalue weighted by Crippen LogP contribution is -2.58. The highest BCUT2D eigenvalue weighted by Gasteiger charge is 2.41. The number of piperidine rings is 1. The minimum absolute atomic E-state index is 0.0777. The minimum Gasteiger partial charge on any atom is -0.381 e. The summed E-state index contributed by atoms with van der Waals surface area (Å²) in [6, 6.07) is 15.4. The number of carbonyl (C=O) groups is 3. The highest BCUT2D eigenvalue weighted by Crippen LogP contribution is 2.36. The fraction of sp³-hybridized carbons (Fsp3) is 0.444. The monoisotopic (exact) mass is 659 g/mol. The molecule has 3 atom stereocenters. The van der Waals surface area contributed by atoms with Gasteiger partial charge in [0, 0.05) is 56.3 Å². The van der Waals surface area contributed by atoms with E-state index in [1.807, 2.05) is 30.3 Å². The Kier molecular flexibility index (Phi) is 10.7. The summed E-state index contributed by atoms with van der Waals surface area (Å²) in [7, 11) is 0. The first-order valence-corrected chi connectivity index (χ1v) is 17.3. The number of likely N-dealkylation sites (tertiary alicyclic amines) is 1. The van der Waals surface area contributed by atoms with Crippen LogP contribution in [-0.2, 0) is 32.0 Å². The second kappa shape index (κ2) is 15.3. The van der Waals surface area contributed by atoms with E-state index < -0.39 is 11.5 Å². The maximum atomic E-state index is 13.8. The molecule has 47 heavy (non-hydrogen) atoms. The normalized spacial score (nSPS) is 24.2. The van der Waals surface area contributed by atoms with Gasteiger partial charge >= 0.3 is 0 Å². The van der Waals surface area contributed by atoms with Crippen molar-refractivity contribution < 1.29 is 23.5 Å². The Labute approximate surface area is 279 Å². The van der Waals surface area contributed by atoms with Crippen LogP contribution in [0.5, 0.6) is 0 Å². The number of allylic oxidation sites excluding steroid dienone is 2. The predicted molar refractivity (Wildman–Crippen MR) is 179 cm³/mol. The van der Waals surface area contributed by atoms with Crippen molar-refractivity contribution in [1.29, 1.82) is 0 Å². The summed E-state index contributed by atoms with van der Waals surface area (Å²) in [6.45, 7) is 2.59. The van der Waals surface area contributed by atoms with Crippen LogP contribution in [0.25, 0.3) is 0 Å². The lowest BCUT2D eigenvalue weighted by atomic mass is 9.75. The van der Waals surface area contributed by atoms with Crippen LogP contribution >= 0.6 is 11.3 Å². The SMILES string of the molecule is O=C(CN1CC[C@H]2NC(=O)[C@@H](Cc3ccccc3)NC(=O)C3(C/C=C/C[C@H]2C1)CCOCC3)Nc1ncc(Cc2ccc(F)cc2)s1. The van der Waals surface area contributed by atoms with Crippen LogP contribution in [0, 0.1) is 17.2 Å². The van der Waals surface area contributed by atoms with E-state index in [1.54, 1.807) is 18.3 Å². The Morgan fingerprint density at radius 3 is 2.62 bits per heavy atom. The van der Waals surface area contributed by atoms with Crippen LogP contribution in [-0.4, -0.2) is 72.5 Å². The van der Waals surface area contributed by atoms with Crippen LogP contribution in [0.4, 0.5) is 9.52 Å². The molecule has 9 nitrogen and oxygen atoms in total. The molecule has 0 bridgehead atoms. The molecule has 4 heterocycles. The molecule has 0 saturated carbocycles. The molecule has 0 radical (unpaired) electrons. The standard InChI is InChI=1S/C36H42FN5O4S/c37-28-11-9-26(10-12-28)20-29-22-38-35(47-29)41-32(43)24-42-17-13-30-27(23-42)8-4-5-14-36(15-18-46-19-16-36)34(45)40-31(33(44)39-30)21-25-6-2-1-3-7-25/h1-7,9-12,22,27,30-31H,8,13-21,23-24H2,(H,39,44)(H,40,45)(H,38,41,43)/b5-4+/t27-,30+,31+/m0/s1. The molecule has 2 saturated heterocycles. The summed E-state index contributed by atoms with van der Waals surface area (Å²) in [5, 5.41) is 9.91. The summed E-state index contributed by atoms with van der Waals surface area (Å²) in [5.41, 5.74) is 1.36. The number of ether oxygens (including phenoxy) is 1. The van der Waals surface area contributed by atoms with Crippen LogP contribution in [0.1, 0.15) is 48.1 Å². The number of thiazole rings is 1. The van der Waals surface area contributed by atoms with Crippen molar-refractivity contribution in [1.82, 2.24) is 20.5 Å². The summed E-state index contributed by atoms with van der Waals surface area (Å²) < 4.78 is 18.9. The molecule has 2 fully saturated rings. The van der Waals surface area contributed by atoms with E-state index in [4.69, 9.17) is 4.74 Å². The zero-order chi connectivity index (χ0) is 32.6. The second-order valence-corrected chi connectivity index (χ2v) is 14.0. The van der Waals surface area contributed by atoms with Crippen molar-refractivity contribution in [3.63, 3.8) is 0 Å². The smallest absolute Gasteiger partial charge is 0.243 e. The first-order valence-electron chi connectivity index (χ1n) is 16.4. The van der Waals surface area contributed by atoms with E-state index in [2.05, 4.69) is 38.0 Å². The Morgan fingerprint density at radius 1 is 1.04 bits per heavy atom. The van der Waals surface area contributed by atoms with Gasteiger partial charge < -0.3 is 20.7 Å². The molecule has 2 aromatic carbocycles. The zero-order valence-electron chi connectivity index (χ0n) is 26.5. The number of nitrogens with zero attached hydrogens (tertiary/aromatic N) is 2. The number of hydrogen-bond acceptors (Lipinski definition) is 7. The number of halogens is 1. The Morgan fingerprint density at radius 2 is 1.83 bits per heavy atom. The Balaban J connectivity index is 1.11. The molecule has 11 heteroatoms. The van der Waals surface area contributed by atoms with E-state index in [0.717, 1.165) is 22.4 Å². The molecular weight excluding hydrogens is 617 g/mol. The number of carbonyl (C=O) groups excluding carboxylic acids is 3. The molecule has 6 rings (SSSR count). The molecule has 3 aliphatic rings. The topological polar surface area (TPSA) is 113 Å². The van der Waals surface area contributed by atoms with E-state index >= 15 is 0 Å². The maximum absolute atomic E-state index is 13.8. The summed E-state index contributed by atoms with van der Waals surface area (Å²) >= 11 is 1.41. The van der Waals surface area contributed by atoms with Gasteiger partial charge in [0.15, 0.2) is 5.13 Å². The van der Waals surface area contributed by atoms with Gasteiger partial charge in [0.05, 0.1) is 12.0 Å². The van der Waals surface area contributed by atoms with Gasteiger partial charge in [-0.25, -0.2) is 9.37 Å². The van der Waals surface area contributed by atoms with E-state index in [0.29, 0.717) is 70.0 Å². The highest BCUT2D eigenvalue weighted by atomic mass is 32.1. The molecule has 0 unspecified atom stereocenters. The molecule has 3 aliphatic heterocycles. The number of nitrogens with one attached hydrogen (secondary N) is 3. The zero-order valence-corrected chi connectivity index (χ0v) is 27.3. The molecular formula is C36H42FN5O4S. The average Bonchev–Trinajstić information content (AvgIpc) is 3.51. The average molecular weight is 660 g/mol. The van der Waals surface area contributed by atoms with Crippen molar-refractivity contribution >= 4 is 34.2 Å². The van der Waals surface area contributed by atoms with Crippen molar-refractivity contribution in [2.45, 2.75) is 57.0 Å². The third-order valence-electron chi connectivity index (χ3n) is 9.55. The van der Waals surface area contributed by atoms with Gasteiger partial charge in [-0.2, -0.15) is 0 Å². The molecule has 1 spiro atoms. The lowest BCUT2D eigenvalue weighted by Gasteiger charge is -2.40. The van der Waals surface area contributed by atoms with Crippen LogP contribution in [0.15, 0.2) is 72.9 Å². The predicted octanol–water partition coefficient (Wildman–Crippen LogP) is 4.49. The van der Waals surface area contributed by atoms with Gasteiger partial charge in [0.25, 0.3) is 0 Å². The van der Waals surface area contributed by atoms with Gasteiger partial charge in [0.2, 0.25) is 17.7 Å². The summed E-state index contributed by atoms with van der Waals surface area (Å²) in [6.07, 6.45) is 10.3. The van der Waals surface area contributed by atoms with Gasteiger partial charge in [0.1, 0.15) is 11.9 Å². The fourth-order valence-electron chi connectivity index (χ4n) is 6.81.